The molecule has 2 heterocycles. The molecule has 0 bridgehead atoms. The molecular weight excluding hydrogens is 418 g/mol. The van der Waals surface area contributed by atoms with E-state index in [1.165, 1.54) is 0 Å². The molecule has 2 aromatic carbocycles. The van der Waals surface area contributed by atoms with E-state index in [9.17, 15) is 13.0 Å². The van der Waals surface area contributed by atoms with Gasteiger partial charge in [0.15, 0.2) is 0 Å². The van der Waals surface area contributed by atoms with Gasteiger partial charge in [-0.05, 0) is 56.4 Å². The standard InChI is InChI=1S/C22H27N3O3S2/c1-16-9-10-21-19(15-16)25(17-7-4-5-8-20(17)29-21)18(11-14-30(26,27)28)22-23(2)12-6-13-24(22)3/h4-10,12,15,18,22H,11,13-14H2,1-3H3,(H,26,27,28). The van der Waals surface area contributed by atoms with E-state index in [2.05, 4.69) is 58.0 Å². The van der Waals surface area contributed by atoms with Gasteiger partial charge < -0.3 is 9.80 Å². The second-order valence-electron chi connectivity index (χ2n) is 7.96. The van der Waals surface area contributed by atoms with Crippen LogP contribution in [-0.2, 0) is 10.1 Å². The fourth-order valence-corrected chi connectivity index (χ4v) is 5.97. The van der Waals surface area contributed by atoms with Gasteiger partial charge in [-0.15, -0.1) is 0 Å². The van der Waals surface area contributed by atoms with Crippen molar-refractivity contribution in [2.75, 3.05) is 31.3 Å². The van der Waals surface area contributed by atoms with Crippen LogP contribution in [0.15, 0.2) is 64.5 Å². The Morgan fingerprint density at radius 1 is 1.13 bits per heavy atom. The molecule has 0 aromatic heterocycles. The first-order valence-electron chi connectivity index (χ1n) is 9.95. The Morgan fingerprint density at radius 2 is 1.87 bits per heavy atom. The zero-order valence-electron chi connectivity index (χ0n) is 17.4. The van der Waals surface area contributed by atoms with E-state index in [0.29, 0.717) is 6.42 Å². The fourth-order valence-electron chi connectivity index (χ4n) is 4.38. The smallest absolute Gasteiger partial charge is 0.264 e. The van der Waals surface area contributed by atoms with Crippen molar-refractivity contribution in [1.29, 1.82) is 0 Å². The first kappa shape index (κ1) is 21.2. The Kier molecular flexibility index (Phi) is 5.85. The monoisotopic (exact) mass is 445 g/mol. The maximum absolute atomic E-state index is 11.7. The minimum absolute atomic E-state index is 0.0544. The highest BCUT2D eigenvalue weighted by atomic mass is 32.2. The van der Waals surface area contributed by atoms with Gasteiger partial charge in [0.1, 0.15) is 6.17 Å². The molecule has 0 saturated carbocycles. The van der Waals surface area contributed by atoms with Crippen molar-refractivity contribution in [3.05, 3.63) is 60.3 Å². The van der Waals surface area contributed by atoms with Gasteiger partial charge in [-0.1, -0.05) is 36.0 Å². The number of benzene rings is 2. The van der Waals surface area contributed by atoms with E-state index >= 15 is 0 Å². The fraction of sp³-hybridized carbons (Fsp3) is 0.364. The maximum Gasteiger partial charge on any atom is 0.264 e. The van der Waals surface area contributed by atoms with Gasteiger partial charge in [-0.2, -0.15) is 8.42 Å². The Morgan fingerprint density at radius 3 is 2.60 bits per heavy atom. The number of rotatable bonds is 5. The number of aryl methyl sites for hydroxylation is 1. The van der Waals surface area contributed by atoms with Gasteiger partial charge in [0, 0.05) is 23.4 Å². The number of hydrogen-bond donors (Lipinski definition) is 1. The van der Waals surface area contributed by atoms with Crippen LogP contribution in [0.3, 0.4) is 0 Å². The quantitative estimate of drug-likeness (QED) is 0.699. The van der Waals surface area contributed by atoms with Crippen LogP contribution in [0.1, 0.15) is 12.0 Å². The van der Waals surface area contributed by atoms with Crippen LogP contribution < -0.4 is 4.90 Å². The molecule has 1 N–H and O–H groups in total. The van der Waals surface area contributed by atoms with Crippen molar-refractivity contribution in [3.8, 4) is 0 Å². The third kappa shape index (κ3) is 4.23. The van der Waals surface area contributed by atoms with Crippen molar-refractivity contribution in [2.45, 2.75) is 35.3 Å². The molecule has 2 aromatic rings. The highest BCUT2D eigenvalue weighted by Crippen LogP contribution is 2.50. The molecule has 4 rings (SSSR count). The molecule has 0 spiro atoms. The molecule has 2 aliphatic rings. The SMILES string of the molecule is Cc1ccc2c(c1)N(C(CCS(=O)(=O)O)C1N(C)C=CCN1C)c1ccccc1S2. The lowest BCUT2D eigenvalue weighted by molar-refractivity contribution is 0.0911. The van der Waals surface area contributed by atoms with Crippen molar-refractivity contribution < 1.29 is 13.0 Å². The average molecular weight is 446 g/mol. The summed E-state index contributed by atoms with van der Waals surface area (Å²) < 4.78 is 32.9. The van der Waals surface area contributed by atoms with Crippen LogP contribution in [0.2, 0.25) is 0 Å². The van der Waals surface area contributed by atoms with Gasteiger partial charge in [0.2, 0.25) is 0 Å². The second kappa shape index (κ2) is 8.26. The average Bonchev–Trinajstić information content (AvgIpc) is 2.68. The predicted molar refractivity (Wildman–Crippen MR) is 122 cm³/mol. The largest absolute Gasteiger partial charge is 0.363 e. The second-order valence-corrected chi connectivity index (χ2v) is 10.6. The highest BCUT2D eigenvalue weighted by molar-refractivity contribution is 7.99. The molecule has 0 aliphatic carbocycles. The third-order valence-corrected chi connectivity index (χ3v) is 7.55. The van der Waals surface area contributed by atoms with E-state index in [-0.39, 0.29) is 18.0 Å². The molecule has 2 unspecified atom stereocenters. The van der Waals surface area contributed by atoms with Crippen LogP contribution in [0.5, 0.6) is 0 Å². The summed E-state index contributed by atoms with van der Waals surface area (Å²) in [6.45, 7) is 2.85. The summed E-state index contributed by atoms with van der Waals surface area (Å²) in [7, 11) is -0.0199. The summed E-state index contributed by atoms with van der Waals surface area (Å²) in [5.74, 6) is -0.285. The first-order chi connectivity index (χ1) is 14.2. The molecular formula is C22H27N3O3S2. The van der Waals surface area contributed by atoms with Crippen LogP contribution in [0.25, 0.3) is 0 Å². The normalized spacial score (nSPS) is 20.1. The summed E-state index contributed by atoms with van der Waals surface area (Å²) in [5, 5.41) is 0. The van der Waals surface area contributed by atoms with E-state index in [4.69, 9.17) is 0 Å². The van der Waals surface area contributed by atoms with E-state index in [1.54, 1.807) is 11.8 Å². The number of likely N-dealkylation sites (N-methyl/N-ethyl adjacent to an activating group) is 2. The summed E-state index contributed by atoms with van der Waals surface area (Å²) in [5.41, 5.74) is 3.30. The highest BCUT2D eigenvalue weighted by Gasteiger charge is 2.38. The lowest BCUT2D eigenvalue weighted by Crippen LogP contribution is -2.58. The summed E-state index contributed by atoms with van der Waals surface area (Å²) in [6.07, 6.45) is 4.39. The number of para-hydroxylation sites is 1. The Labute approximate surface area is 182 Å². The minimum Gasteiger partial charge on any atom is -0.363 e. The van der Waals surface area contributed by atoms with Crippen molar-refractivity contribution in [3.63, 3.8) is 0 Å². The zero-order valence-corrected chi connectivity index (χ0v) is 19.0. The molecule has 0 radical (unpaired) electrons. The summed E-state index contributed by atoms with van der Waals surface area (Å²) in [6, 6.07) is 14.4. The zero-order chi connectivity index (χ0) is 21.5. The van der Waals surface area contributed by atoms with Crippen molar-refractivity contribution in [2.24, 2.45) is 0 Å². The summed E-state index contributed by atoms with van der Waals surface area (Å²) in [4.78, 5) is 8.90. The first-order valence-corrected chi connectivity index (χ1v) is 12.4. The number of anilines is 2. The van der Waals surface area contributed by atoms with Crippen LogP contribution >= 0.6 is 11.8 Å². The Bertz CT molecular complexity index is 1070. The van der Waals surface area contributed by atoms with Gasteiger partial charge in [0.05, 0.1) is 23.2 Å². The lowest BCUT2D eigenvalue weighted by atomic mass is 10.0. The summed E-state index contributed by atoms with van der Waals surface area (Å²) >= 11 is 1.73. The molecule has 2 atom stereocenters. The molecule has 2 aliphatic heterocycles. The lowest BCUT2D eigenvalue weighted by Gasteiger charge is -2.48. The topological polar surface area (TPSA) is 64.1 Å². The van der Waals surface area contributed by atoms with Crippen LogP contribution in [0.4, 0.5) is 11.4 Å². The third-order valence-electron chi connectivity index (χ3n) is 5.67. The van der Waals surface area contributed by atoms with Gasteiger partial charge >= 0.3 is 0 Å². The van der Waals surface area contributed by atoms with E-state index in [0.717, 1.165) is 33.3 Å². The van der Waals surface area contributed by atoms with Crippen LogP contribution in [0, 0.1) is 6.92 Å². The molecule has 6 nitrogen and oxygen atoms in total. The van der Waals surface area contributed by atoms with Gasteiger partial charge in [-0.3, -0.25) is 9.45 Å². The van der Waals surface area contributed by atoms with Crippen molar-refractivity contribution >= 4 is 33.3 Å². The van der Waals surface area contributed by atoms with Gasteiger partial charge in [0.25, 0.3) is 10.1 Å². The Balaban J connectivity index is 1.87. The Hall–Kier alpha value is -2.00. The molecule has 0 amide bonds. The van der Waals surface area contributed by atoms with Crippen LogP contribution in [-0.4, -0.2) is 61.4 Å². The maximum atomic E-state index is 11.7. The van der Waals surface area contributed by atoms with E-state index in [1.807, 2.05) is 32.4 Å². The van der Waals surface area contributed by atoms with Gasteiger partial charge in [-0.25, -0.2) is 0 Å². The molecule has 0 saturated heterocycles. The number of hydrogen-bond acceptors (Lipinski definition) is 6. The molecule has 30 heavy (non-hydrogen) atoms. The van der Waals surface area contributed by atoms with E-state index < -0.39 is 10.1 Å². The van der Waals surface area contributed by atoms with Crippen molar-refractivity contribution in [1.82, 2.24) is 9.80 Å². The predicted octanol–water partition coefficient (Wildman–Crippen LogP) is 3.96. The number of nitrogens with zero attached hydrogens (tertiary/aromatic N) is 3. The molecule has 0 fully saturated rings. The molecule has 160 valence electrons. The minimum atomic E-state index is -4.08. The number of fused-ring (bicyclic) bond motifs is 2. The molecule has 8 heteroatoms.